The van der Waals surface area contributed by atoms with Gasteiger partial charge in [0.15, 0.2) is 0 Å². The number of hydrogen-bond acceptors (Lipinski definition) is 2. The molecule has 1 saturated heterocycles. The highest BCUT2D eigenvalue weighted by Gasteiger charge is 2.23. The van der Waals surface area contributed by atoms with E-state index >= 15 is 0 Å². The van der Waals surface area contributed by atoms with E-state index < -0.39 is 5.97 Å². The van der Waals surface area contributed by atoms with Gasteiger partial charge in [-0.1, -0.05) is 6.08 Å². The summed E-state index contributed by atoms with van der Waals surface area (Å²) >= 11 is 0. The number of piperidine rings is 1. The number of likely N-dealkylation sites (tertiary alicyclic amines) is 1. The highest BCUT2D eigenvalue weighted by atomic mass is 16.4. The SMILES string of the molecule is C=CCC(=O)N1CCCC(CCC(=O)O)C1. The summed E-state index contributed by atoms with van der Waals surface area (Å²) < 4.78 is 0. The van der Waals surface area contributed by atoms with Crippen LogP contribution >= 0.6 is 0 Å². The summed E-state index contributed by atoms with van der Waals surface area (Å²) in [6.07, 6.45) is 4.88. The number of nitrogens with zero attached hydrogens (tertiary/aromatic N) is 1. The van der Waals surface area contributed by atoms with E-state index in [0.717, 1.165) is 19.4 Å². The Morgan fingerprint density at radius 1 is 1.50 bits per heavy atom. The van der Waals surface area contributed by atoms with Crippen LogP contribution in [-0.4, -0.2) is 35.0 Å². The molecule has 0 saturated carbocycles. The van der Waals surface area contributed by atoms with Crippen molar-refractivity contribution in [2.24, 2.45) is 5.92 Å². The lowest BCUT2D eigenvalue weighted by molar-refractivity contribution is -0.137. The summed E-state index contributed by atoms with van der Waals surface area (Å²) in [5, 5.41) is 8.61. The molecule has 0 spiro atoms. The van der Waals surface area contributed by atoms with E-state index in [1.54, 1.807) is 6.08 Å². The molecule has 90 valence electrons. The van der Waals surface area contributed by atoms with Crippen LogP contribution in [0.15, 0.2) is 12.7 Å². The average Bonchev–Trinajstić information content (AvgIpc) is 2.27. The van der Waals surface area contributed by atoms with Gasteiger partial charge in [0.1, 0.15) is 0 Å². The Balaban J connectivity index is 2.37. The van der Waals surface area contributed by atoms with Crippen molar-refractivity contribution in [3.05, 3.63) is 12.7 Å². The number of carbonyl (C=O) groups is 2. The van der Waals surface area contributed by atoms with Gasteiger partial charge in [0.2, 0.25) is 5.91 Å². The average molecular weight is 225 g/mol. The van der Waals surface area contributed by atoms with Gasteiger partial charge < -0.3 is 10.0 Å². The third-order valence-electron chi connectivity index (χ3n) is 2.96. The highest BCUT2D eigenvalue weighted by molar-refractivity contribution is 5.77. The van der Waals surface area contributed by atoms with Gasteiger partial charge in [0.05, 0.1) is 0 Å². The summed E-state index contributed by atoms with van der Waals surface area (Å²) in [5.41, 5.74) is 0. The zero-order chi connectivity index (χ0) is 12.0. The van der Waals surface area contributed by atoms with E-state index in [9.17, 15) is 9.59 Å². The Morgan fingerprint density at radius 3 is 2.88 bits per heavy atom. The molecule has 0 aliphatic carbocycles. The monoisotopic (exact) mass is 225 g/mol. The molecule has 1 rings (SSSR count). The lowest BCUT2D eigenvalue weighted by Gasteiger charge is -2.32. The van der Waals surface area contributed by atoms with E-state index in [4.69, 9.17) is 5.11 Å². The minimum atomic E-state index is -0.755. The molecule has 4 heteroatoms. The molecule has 0 radical (unpaired) electrons. The number of carboxylic acids is 1. The first kappa shape index (κ1) is 12.7. The van der Waals surface area contributed by atoms with Crippen LogP contribution in [0, 0.1) is 5.92 Å². The number of amides is 1. The van der Waals surface area contributed by atoms with Crippen LogP contribution in [0.4, 0.5) is 0 Å². The third-order valence-corrected chi connectivity index (χ3v) is 2.96. The second-order valence-corrected chi connectivity index (χ2v) is 4.27. The molecule has 1 fully saturated rings. The van der Waals surface area contributed by atoms with Crippen molar-refractivity contribution in [1.29, 1.82) is 0 Å². The Morgan fingerprint density at radius 2 is 2.25 bits per heavy atom. The topological polar surface area (TPSA) is 57.6 Å². The third kappa shape index (κ3) is 4.04. The predicted octanol–water partition coefficient (Wildman–Crippen LogP) is 1.67. The normalized spacial score (nSPS) is 20.5. The maximum Gasteiger partial charge on any atom is 0.303 e. The van der Waals surface area contributed by atoms with Crippen LogP contribution in [0.25, 0.3) is 0 Å². The first-order valence-corrected chi connectivity index (χ1v) is 5.74. The van der Waals surface area contributed by atoms with Crippen molar-refractivity contribution in [3.63, 3.8) is 0 Å². The van der Waals surface area contributed by atoms with Gasteiger partial charge in [-0.3, -0.25) is 9.59 Å². The molecule has 0 bridgehead atoms. The minimum Gasteiger partial charge on any atom is -0.481 e. The molecule has 1 aliphatic rings. The highest BCUT2D eigenvalue weighted by Crippen LogP contribution is 2.21. The summed E-state index contributed by atoms with van der Waals surface area (Å²) in [7, 11) is 0. The van der Waals surface area contributed by atoms with E-state index in [0.29, 0.717) is 25.3 Å². The Kier molecular flexibility index (Phi) is 5.02. The molecule has 1 N–H and O–H groups in total. The van der Waals surface area contributed by atoms with Gasteiger partial charge in [-0.25, -0.2) is 0 Å². The first-order valence-electron chi connectivity index (χ1n) is 5.74. The minimum absolute atomic E-state index is 0.107. The number of hydrogen-bond donors (Lipinski definition) is 1. The van der Waals surface area contributed by atoms with Crippen molar-refractivity contribution < 1.29 is 14.7 Å². The molecular formula is C12H19NO3. The van der Waals surface area contributed by atoms with Gasteiger partial charge in [-0.05, 0) is 25.2 Å². The molecule has 1 unspecified atom stereocenters. The fourth-order valence-electron chi connectivity index (χ4n) is 2.11. The summed E-state index contributed by atoms with van der Waals surface area (Å²) in [5.74, 6) is -0.303. The van der Waals surface area contributed by atoms with Crippen molar-refractivity contribution in [2.75, 3.05) is 13.1 Å². The lowest BCUT2D eigenvalue weighted by atomic mass is 9.93. The fourth-order valence-corrected chi connectivity index (χ4v) is 2.11. The Hall–Kier alpha value is -1.32. The zero-order valence-electron chi connectivity index (χ0n) is 9.52. The van der Waals surface area contributed by atoms with Gasteiger partial charge in [0.25, 0.3) is 0 Å². The molecule has 0 aromatic heterocycles. The smallest absolute Gasteiger partial charge is 0.303 e. The summed E-state index contributed by atoms with van der Waals surface area (Å²) in [6.45, 7) is 5.06. The molecule has 1 aliphatic heterocycles. The maximum absolute atomic E-state index is 11.6. The van der Waals surface area contributed by atoms with E-state index in [1.165, 1.54) is 0 Å². The summed E-state index contributed by atoms with van der Waals surface area (Å²) in [4.78, 5) is 23.9. The lowest BCUT2D eigenvalue weighted by Crippen LogP contribution is -2.39. The van der Waals surface area contributed by atoms with Gasteiger partial charge in [0, 0.05) is 25.9 Å². The molecule has 0 aromatic carbocycles. The summed E-state index contributed by atoms with van der Waals surface area (Å²) in [6, 6.07) is 0. The van der Waals surface area contributed by atoms with Crippen LogP contribution < -0.4 is 0 Å². The Labute approximate surface area is 95.9 Å². The van der Waals surface area contributed by atoms with Crippen molar-refractivity contribution in [1.82, 2.24) is 4.90 Å². The fraction of sp³-hybridized carbons (Fsp3) is 0.667. The number of carbonyl (C=O) groups excluding carboxylic acids is 1. The van der Waals surface area contributed by atoms with Gasteiger partial charge >= 0.3 is 5.97 Å². The predicted molar refractivity (Wildman–Crippen MR) is 61.0 cm³/mol. The van der Waals surface area contributed by atoms with E-state index in [1.807, 2.05) is 4.90 Å². The molecular weight excluding hydrogens is 206 g/mol. The molecule has 16 heavy (non-hydrogen) atoms. The van der Waals surface area contributed by atoms with Crippen molar-refractivity contribution in [3.8, 4) is 0 Å². The number of rotatable bonds is 5. The van der Waals surface area contributed by atoms with E-state index in [2.05, 4.69) is 6.58 Å². The number of aliphatic carboxylic acids is 1. The van der Waals surface area contributed by atoms with Crippen LogP contribution in [-0.2, 0) is 9.59 Å². The van der Waals surface area contributed by atoms with Gasteiger partial charge in [-0.15, -0.1) is 6.58 Å². The molecule has 1 amide bonds. The molecule has 4 nitrogen and oxygen atoms in total. The Bertz CT molecular complexity index is 275. The molecule has 0 aromatic rings. The van der Waals surface area contributed by atoms with Crippen LogP contribution in [0.3, 0.4) is 0 Å². The van der Waals surface area contributed by atoms with Crippen molar-refractivity contribution in [2.45, 2.75) is 32.1 Å². The van der Waals surface area contributed by atoms with Gasteiger partial charge in [-0.2, -0.15) is 0 Å². The zero-order valence-corrected chi connectivity index (χ0v) is 9.52. The first-order chi connectivity index (χ1) is 7.63. The van der Waals surface area contributed by atoms with Crippen LogP contribution in [0.5, 0.6) is 0 Å². The van der Waals surface area contributed by atoms with Crippen LogP contribution in [0.2, 0.25) is 0 Å². The van der Waals surface area contributed by atoms with E-state index in [-0.39, 0.29) is 12.3 Å². The molecule has 1 atom stereocenters. The second-order valence-electron chi connectivity index (χ2n) is 4.27. The van der Waals surface area contributed by atoms with Crippen molar-refractivity contribution >= 4 is 11.9 Å². The van der Waals surface area contributed by atoms with Crippen LogP contribution in [0.1, 0.15) is 32.1 Å². The molecule has 1 heterocycles. The quantitative estimate of drug-likeness (QED) is 0.724. The largest absolute Gasteiger partial charge is 0.481 e. The second kappa shape index (κ2) is 6.30. The number of carboxylic acid groups (broad SMARTS) is 1. The standard InChI is InChI=1S/C12H19NO3/c1-2-4-11(14)13-8-3-5-10(9-13)6-7-12(15)16/h2,10H,1,3-9H2,(H,15,16). The maximum atomic E-state index is 11.6.